The van der Waals surface area contributed by atoms with Gasteiger partial charge in [0.1, 0.15) is 0 Å². The van der Waals surface area contributed by atoms with E-state index in [2.05, 4.69) is 14.8 Å². The number of rotatable bonds is 3. The highest BCUT2D eigenvalue weighted by Crippen LogP contribution is 2.02. The molecule has 78 valence electrons. The summed E-state index contributed by atoms with van der Waals surface area (Å²) in [6.45, 7) is 0. The number of carbonyl (C=O) groups is 1. The van der Waals surface area contributed by atoms with Crippen LogP contribution in [0.4, 0.5) is 0 Å². The first-order valence-corrected chi connectivity index (χ1v) is 4.66. The van der Waals surface area contributed by atoms with E-state index in [-0.39, 0.29) is 5.97 Å². The van der Waals surface area contributed by atoms with Crippen molar-refractivity contribution in [2.24, 2.45) is 0 Å². The summed E-state index contributed by atoms with van der Waals surface area (Å²) in [5.41, 5.74) is 0.789. The second-order valence-corrected chi connectivity index (χ2v) is 3.11. The second kappa shape index (κ2) is 4.08. The van der Waals surface area contributed by atoms with E-state index in [1.54, 1.807) is 4.52 Å². The normalized spacial score (nSPS) is 10.5. The predicted molar refractivity (Wildman–Crippen MR) is 53.3 cm³/mol. The maximum Gasteiger partial charge on any atom is 0.305 e. The average Bonchev–Trinajstić information content (AvgIpc) is 2.68. The maximum absolute atomic E-state index is 10.9. The molecule has 0 aliphatic carbocycles. The van der Waals surface area contributed by atoms with Gasteiger partial charge in [-0.15, -0.1) is 0 Å². The summed E-state index contributed by atoms with van der Waals surface area (Å²) in [7, 11) is 1.37. The summed E-state index contributed by atoms with van der Waals surface area (Å²) in [4.78, 5) is 15.2. The SMILES string of the molecule is COC(=O)CCc1nc2ccccn2n1. The predicted octanol–water partition coefficient (Wildman–Crippen LogP) is 0.835. The number of aryl methyl sites for hydroxylation is 1. The Morgan fingerprint density at radius 3 is 3.13 bits per heavy atom. The van der Waals surface area contributed by atoms with Crippen LogP contribution in [-0.2, 0) is 16.0 Å². The second-order valence-electron chi connectivity index (χ2n) is 3.11. The molecule has 0 amide bonds. The quantitative estimate of drug-likeness (QED) is 0.696. The Balaban J connectivity index is 2.12. The molecule has 0 bridgehead atoms. The molecular weight excluding hydrogens is 194 g/mol. The fourth-order valence-corrected chi connectivity index (χ4v) is 1.30. The lowest BCUT2D eigenvalue weighted by molar-refractivity contribution is -0.140. The van der Waals surface area contributed by atoms with Gasteiger partial charge in [0.05, 0.1) is 13.5 Å². The Bertz CT molecular complexity index is 445. The van der Waals surface area contributed by atoms with Crippen LogP contribution in [0.2, 0.25) is 0 Å². The highest BCUT2D eigenvalue weighted by molar-refractivity contribution is 5.69. The standard InChI is InChI=1S/C10H11N3O2/c1-15-10(14)6-5-8-11-9-4-2-3-7-13(9)12-8/h2-4,7H,5-6H2,1H3. The average molecular weight is 205 g/mol. The maximum atomic E-state index is 10.9. The zero-order chi connectivity index (χ0) is 10.7. The van der Waals surface area contributed by atoms with Crippen LogP contribution < -0.4 is 0 Å². The summed E-state index contributed by atoms with van der Waals surface area (Å²) in [5.74, 6) is 0.417. The summed E-state index contributed by atoms with van der Waals surface area (Å²) < 4.78 is 6.23. The Kier molecular flexibility index (Phi) is 2.62. The van der Waals surface area contributed by atoms with Crippen molar-refractivity contribution in [2.75, 3.05) is 7.11 Å². The van der Waals surface area contributed by atoms with Crippen LogP contribution in [-0.4, -0.2) is 27.7 Å². The van der Waals surface area contributed by atoms with Gasteiger partial charge in [0.25, 0.3) is 0 Å². The molecule has 2 aromatic heterocycles. The van der Waals surface area contributed by atoms with Gasteiger partial charge >= 0.3 is 5.97 Å². The number of esters is 1. The van der Waals surface area contributed by atoms with Crippen LogP contribution in [0.25, 0.3) is 5.65 Å². The minimum atomic E-state index is -0.242. The van der Waals surface area contributed by atoms with Gasteiger partial charge in [-0.2, -0.15) is 5.10 Å². The topological polar surface area (TPSA) is 56.5 Å². The number of fused-ring (bicyclic) bond motifs is 1. The van der Waals surface area contributed by atoms with E-state index in [0.29, 0.717) is 18.7 Å². The molecule has 0 N–H and O–H groups in total. The molecule has 0 aromatic carbocycles. The lowest BCUT2D eigenvalue weighted by Crippen LogP contribution is -2.02. The Morgan fingerprint density at radius 1 is 1.53 bits per heavy atom. The van der Waals surface area contributed by atoms with Gasteiger partial charge in [0.15, 0.2) is 11.5 Å². The van der Waals surface area contributed by atoms with Crippen molar-refractivity contribution in [3.8, 4) is 0 Å². The van der Waals surface area contributed by atoms with Crippen molar-refractivity contribution in [3.05, 3.63) is 30.2 Å². The molecule has 0 atom stereocenters. The van der Waals surface area contributed by atoms with Gasteiger partial charge in [0.2, 0.25) is 0 Å². The molecule has 0 aliphatic heterocycles. The molecular formula is C10H11N3O2. The third kappa shape index (κ3) is 2.12. The molecule has 0 unspecified atom stereocenters. The van der Waals surface area contributed by atoms with Gasteiger partial charge in [-0.3, -0.25) is 4.79 Å². The van der Waals surface area contributed by atoms with E-state index in [0.717, 1.165) is 5.65 Å². The van der Waals surface area contributed by atoms with Crippen molar-refractivity contribution in [3.63, 3.8) is 0 Å². The van der Waals surface area contributed by atoms with E-state index in [9.17, 15) is 4.79 Å². The van der Waals surface area contributed by atoms with Crippen LogP contribution in [0.1, 0.15) is 12.2 Å². The zero-order valence-electron chi connectivity index (χ0n) is 8.38. The summed E-state index contributed by atoms with van der Waals surface area (Å²) in [5, 5.41) is 4.22. The molecule has 2 heterocycles. The molecule has 5 nitrogen and oxygen atoms in total. The summed E-state index contributed by atoms with van der Waals surface area (Å²) in [6, 6.07) is 5.65. The smallest absolute Gasteiger partial charge is 0.305 e. The first kappa shape index (κ1) is 9.64. The van der Waals surface area contributed by atoms with Crippen molar-refractivity contribution >= 4 is 11.6 Å². The number of hydrogen-bond acceptors (Lipinski definition) is 4. The molecule has 2 aromatic rings. The number of pyridine rings is 1. The summed E-state index contributed by atoms with van der Waals surface area (Å²) in [6.07, 6.45) is 2.64. The van der Waals surface area contributed by atoms with Gasteiger partial charge in [-0.05, 0) is 12.1 Å². The third-order valence-corrected chi connectivity index (χ3v) is 2.07. The molecule has 0 radical (unpaired) electrons. The fourth-order valence-electron chi connectivity index (χ4n) is 1.30. The van der Waals surface area contributed by atoms with Crippen LogP contribution in [0, 0.1) is 0 Å². The van der Waals surface area contributed by atoms with E-state index in [4.69, 9.17) is 0 Å². The van der Waals surface area contributed by atoms with Crippen LogP contribution in [0.5, 0.6) is 0 Å². The molecule has 5 heteroatoms. The molecule has 0 spiro atoms. The Hall–Kier alpha value is -1.91. The van der Waals surface area contributed by atoms with E-state index in [1.807, 2.05) is 24.4 Å². The van der Waals surface area contributed by atoms with Crippen LogP contribution >= 0.6 is 0 Å². The van der Waals surface area contributed by atoms with E-state index in [1.165, 1.54) is 7.11 Å². The van der Waals surface area contributed by atoms with Gasteiger partial charge in [-0.25, -0.2) is 9.50 Å². The molecule has 2 rings (SSSR count). The molecule has 0 saturated carbocycles. The van der Waals surface area contributed by atoms with Gasteiger partial charge in [-0.1, -0.05) is 6.07 Å². The van der Waals surface area contributed by atoms with Crippen LogP contribution in [0.3, 0.4) is 0 Å². The third-order valence-electron chi connectivity index (χ3n) is 2.07. The Labute approximate surface area is 86.7 Å². The molecule has 0 aliphatic rings. The first-order chi connectivity index (χ1) is 7.29. The number of carbonyl (C=O) groups excluding carboxylic acids is 1. The van der Waals surface area contributed by atoms with Crippen molar-refractivity contribution in [1.29, 1.82) is 0 Å². The largest absolute Gasteiger partial charge is 0.469 e. The van der Waals surface area contributed by atoms with Crippen LogP contribution in [0.15, 0.2) is 24.4 Å². The molecule has 0 fully saturated rings. The number of aromatic nitrogens is 3. The van der Waals surface area contributed by atoms with E-state index >= 15 is 0 Å². The van der Waals surface area contributed by atoms with Crippen molar-refractivity contribution in [1.82, 2.24) is 14.6 Å². The lowest BCUT2D eigenvalue weighted by Gasteiger charge is -1.94. The molecule has 15 heavy (non-hydrogen) atoms. The molecule has 0 saturated heterocycles. The zero-order valence-corrected chi connectivity index (χ0v) is 8.38. The van der Waals surface area contributed by atoms with Gasteiger partial charge < -0.3 is 4.74 Å². The minimum absolute atomic E-state index is 0.242. The highest BCUT2D eigenvalue weighted by atomic mass is 16.5. The number of methoxy groups -OCH3 is 1. The fraction of sp³-hybridized carbons (Fsp3) is 0.300. The Morgan fingerprint density at radius 2 is 2.40 bits per heavy atom. The van der Waals surface area contributed by atoms with E-state index < -0.39 is 0 Å². The minimum Gasteiger partial charge on any atom is -0.469 e. The lowest BCUT2D eigenvalue weighted by atomic mass is 10.3. The van der Waals surface area contributed by atoms with Gasteiger partial charge in [0, 0.05) is 12.6 Å². The number of ether oxygens (including phenoxy) is 1. The monoisotopic (exact) mass is 205 g/mol. The summed E-state index contributed by atoms with van der Waals surface area (Å²) >= 11 is 0. The number of hydrogen-bond donors (Lipinski definition) is 0. The number of nitrogens with zero attached hydrogens (tertiary/aromatic N) is 3. The highest BCUT2D eigenvalue weighted by Gasteiger charge is 2.06. The van der Waals surface area contributed by atoms with Crippen molar-refractivity contribution < 1.29 is 9.53 Å². The first-order valence-electron chi connectivity index (χ1n) is 4.66. The van der Waals surface area contributed by atoms with Crippen molar-refractivity contribution in [2.45, 2.75) is 12.8 Å².